The molecule has 3 rings (SSSR count). The predicted octanol–water partition coefficient (Wildman–Crippen LogP) is 2.61. The van der Waals surface area contributed by atoms with Gasteiger partial charge in [0.2, 0.25) is 0 Å². The number of hydrogen-bond donors (Lipinski definition) is 1. The van der Waals surface area contributed by atoms with Gasteiger partial charge in [0.25, 0.3) is 0 Å². The molecule has 1 N–H and O–H groups in total. The monoisotopic (exact) mass is 307 g/mol. The van der Waals surface area contributed by atoms with Crippen molar-refractivity contribution in [3.05, 3.63) is 36.2 Å². The smallest absolute Gasteiger partial charge is 0.382 e. The van der Waals surface area contributed by atoms with Crippen LogP contribution in [0.15, 0.2) is 30.5 Å². The van der Waals surface area contributed by atoms with Crippen LogP contribution >= 0.6 is 0 Å². The number of alkyl halides is 3. The molecule has 0 radical (unpaired) electrons. The summed E-state index contributed by atoms with van der Waals surface area (Å²) in [5.74, 6) is 0. The van der Waals surface area contributed by atoms with E-state index in [2.05, 4.69) is 4.98 Å². The zero-order chi connectivity index (χ0) is 15.9. The Hall–Kier alpha value is -2.33. The first kappa shape index (κ1) is 14.6. The quantitative estimate of drug-likeness (QED) is 0.926. The van der Waals surface area contributed by atoms with Crippen molar-refractivity contribution in [2.45, 2.75) is 24.7 Å². The number of rotatable bonds is 2. The first-order valence-corrected chi connectivity index (χ1v) is 6.72. The van der Waals surface area contributed by atoms with Crippen LogP contribution in [0.5, 0.6) is 0 Å². The second-order valence-corrected chi connectivity index (χ2v) is 5.21. The second kappa shape index (κ2) is 5.14. The number of halogens is 3. The molecule has 114 valence electrons. The highest BCUT2D eigenvalue weighted by molar-refractivity contribution is 5.89. The van der Waals surface area contributed by atoms with Gasteiger partial charge in [0.05, 0.1) is 6.04 Å². The molecule has 2 heterocycles. The third-order valence-corrected chi connectivity index (χ3v) is 3.95. The number of anilines is 1. The van der Waals surface area contributed by atoms with E-state index in [-0.39, 0.29) is 5.69 Å². The molecule has 1 aromatic heterocycles. The summed E-state index contributed by atoms with van der Waals surface area (Å²) < 4.78 is 37.9. The Labute approximate surface area is 124 Å². The minimum Gasteiger partial charge on any atom is -0.382 e. The lowest BCUT2D eigenvalue weighted by molar-refractivity contribution is -0.213. The molecule has 0 saturated carbocycles. The normalized spacial score (nSPS) is 19.6. The minimum atomic E-state index is -4.63. The van der Waals surface area contributed by atoms with Gasteiger partial charge in [0.1, 0.15) is 11.8 Å². The maximum Gasteiger partial charge on any atom is 0.416 e. The van der Waals surface area contributed by atoms with E-state index in [1.165, 1.54) is 11.1 Å². The fraction of sp³-hybridized carbons (Fsp3) is 0.333. The van der Waals surface area contributed by atoms with Crippen LogP contribution in [-0.4, -0.2) is 35.0 Å². The van der Waals surface area contributed by atoms with E-state index in [1.54, 1.807) is 24.3 Å². The van der Waals surface area contributed by atoms with Gasteiger partial charge in [0, 0.05) is 23.8 Å². The topological polar surface area (TPSA) is 60.2 Å². The molecule has 1 aliphatic heterocycles. The number of fused-ring (bicyclic) bond motifs is 1. The number of nitrogens with zero attached hydrogens (tertiary/aromatic N) is 3. The molecule has 0 aliphatic carbocycles. The summed E-state index contributed by atoms with van der Waals surface area (Å²) in [6, 6.07) is 7.76. The average molecular weight is 307 g/mol. The molecule has 2 aromatic rings. The van der Waals surface area contributed by atoms with Crippen molar-refractivity contribution in [2.75, 3.05) is 11.4 Å². The molecule has 1 aliphatic rings. The Morgan fingerprint density at radius 2 is 2.14 bits per heavy atom. The minimum absolute atomic E-state index is 0.277. The fourth-order valence-corrected chi connectivity index (χ4v) is 2.71. The van der Waals surface area contributed by atoms with Crippen LogP contribution in [0.4, 0.5) is 18.9 Å². The lowest BCUT2D eigenvalue weighted by atomic mass is 9.95. The van der Waals surface area contributed by atoms with Crippen molar-refractivity contribution in [3.63, 3.8) is 0 Å². The van der Waals surface area contributed by atoms with Gasteiger partial charge in [-0.15, -0.1) is 0 Å². The van der Waals surface area contributed by atoms with Crippen molar-refractivity contribution in [2.24, 2.45) is 0 Å². The number of aliphatic hydroxyl groups excluding tert-OH is 1. The van der Waals surface area contributed by atoms with Crippen LogP contribution in [0.1, 0.15) is 12.1 Å². The summed E-state index contributed by atoms with van der Waals surface area (Å²) >= 11 is 0. The number of hydrogen-bond acceptors (Lipinski definition) is 4. The van der Waals surface area contributed by atoms with Gasteiger partial charge in [-0.05, 0) is 36.1 Å². The van der Waals surface area contributed by atoms with E-state index < -0.39 is 18.3 Å². The molecule has 1 fully saturated rings. The summed E-state index contributed by atoms with van der Waals surface area (Å²) in [5.41, 5.74) is 0.877. The van der Waals surface area contributed by atoms with Crippen molar-refractivity contribution < 1.29 is 18.3 Å². The third-order valence-electron chi connectivity index (χ3n) is 3.95. The summed E-state index contributed by atoms with van der Waals surface area (Å²) in [7, 11) is 0. The molecule has 4 nitrogen and oxygen atoms in total. The van der Waals surface area contributed by atoms with E-state index in [0.717, 1.165) is 5.39 Å². The molecule has 0 spiro atoms. The van der Waals surface area contributed by atoms with E-state index in [0.29, 0.717) is 24.0 Å². The van der Waals surface area contributed by atoms with E-state index in [1.807, 2.05) is 6.07 Å². The Morgan fingerprint density at radius 3 is 2.73 bits per heavy atom. The van der Waals surface area contributed by atoms with Gasteiger partial charge in [-0.2, -0.15) is 18.4 Å². The van der Waals surface area contributed by atoms with Crippen LogP contribution in [0.3, 0.4) is 0 Å². The number of aromatic nitrogens is 1. The Kier molecular flexibility index (Phi) is 3.41. The molecule has 7 heteroatoms. The molecular formula is C15H12F3N3O. The largest absolute Gasteiger partial charge is 0.416 e. The molecule has 1 aromatic carbocycles. The molecule has 0 amide bonds. The SMILES string of the molecule is N#Cc1nccc2cc(N3CC[C@@H]3[C@@H](O)C(F)(F)F)ccc12. The summed E-state index contributed by atoms with van der Waals surface area (Å²) in [4.78, 5) is 5.48. The van der Waals surface area contributed by atoms with Crippen molar-refractivity contribution >= 4 is 16.5 Å². The third kappa shape index (κ3) is 2.35. The van der Waals surface area contributed by atoms with E-state index in [9.17, 15) is 18.3 Å². The average Bonchev–Trinajstić information content (AvgIpc) is 2.44. The van der Waals surface area contributed by atoms with Crippen LogP contribution in [0.2, 0.25) is 0 Å². The maximum absolute atomic E-state index is 12.6. The van der Waals surface area contributed by atoms with Crippen LogP contribution in [-0.2, 0) is 0 Å². The zero-order valence-electron chi connectivity index (χ0n) is 11.4. The number of nitriles is 1. The maximum atomic E-state index is 12.6. The molecule has 0 bridgehead atoms. The van der Waals surface area contributed by atoms with Crippen molar-refractivity contribution in [1.29, 1.82) is 5.26 Å². The highest BCUT2D eigenvalue weighted by Gasteiger charge is 2.48. The van der Waals surface area contributed by atoms with Gasteiger partial charge in [0.15, 0.2) is 6.10 Å². The van der Waals surface area contributed by atoms with Crippen molar-refractivity contribution in [3.8, 4) is 6.07 Å². The first-order chi connectivity index (χ1) is 10.4. The summed E-state index contributed by atoms with van der Waals surface area (Å²) in [5, 5.41) is 19.8. The summed E-state index contributed by atoms with van der Waals surface area (Å²) in [6.45, 7) is 0.458. The van der Waals surface area contributed by atoms with E-state index in [4.69, 9.17) is 5.26 Å². The number of benzene rings is 1. The highest BCUT2D eigenvalue weighted by Crippen LogP contribution is 2.35. The van der Waals surface area contributed by atoms with Crippen molar-refractivity contribution in [1.82, 2.24) is 4.98 Å². The van der Waals surface area contributed by atoms with Gasteiger partial charge >= 0.3 is 6.18 Å². The van der Waals surface area contributed by atoms with E-state index >= 15 is 0 Å². The molecular weight excluding hydrogens is 295 g/mol. The van der Waals surface area contributed by atoms with Gasteiger partial charge in [-0.25, -0.2) is 4.98 Å². The van der Waals surface area contributed by atoms with Gasteiger partial charge < -0.3 is 10.0 Å². The lowest BCUT2D eigenvalue weighted by Crippen LogP contribution is -2.58. The standard InChI is InChI=1S/C15H12F3N3O/c16-15(17,18)14(22)13-4-6-21(13)10-1-2-11-9(7-10)3-5-20-12(11)8-19/h1-3,5,7,13-14,22H,4,6H2/t13-,14-/m1/s1. The molecule has 2 atom stereocenters. The number of pyridine rings is 1. The molecule has 22 heavy (non-hydrogen) atoms. The van der Waals surface area contributed by atoms with Crippen LogP contribution in [0.25, 0.3) is 10.8 Å². The Bertz CT molecular complexity index is 754. The zero-order valence-corrected chi connectivity index (χ0v) is 11.4. The molecule has 1 saturated heterocycles. The van der Waals surface area contributed by atoms with Gasteiger partial charge in [-0.1, -0.05) is 0 Å². The lowest BCUT2D eigenvalue weighted by Gasteiger charge is -2.45. The fourth-order valence-electron chi connectivity index (χ4n) is 2.71. The van der Waals surface area contributed by atoms with Crippen LogP contribution < -0.4 is 4.90 Å². The first-order valence-electron chi connectivity index (χ1n) is 6.72. The number of aliphatic hydroxyl groups is 1. The summed E-state index contributed by atoms with van der Waals surface area (Å²) in [6.07, 6.45) is -5.21. The Balaban J connectivity index is 1.93. The second-order valence-electron chi connectivity index (χ2n) is 5.21. The highest BCUT2D eigenvalue weighted by atomic mass is 19.4. The van der Waals surface area contributed by atoms with Gasteiger partial charge in [-0.3, -0.25) is 0 Å². The predicted molar refractivity (Wildman–Crippen MR) is 74.3 cm³/mol. The molecule has 0 unspecified atom stereocenters. The van der Waals surface area contributed by atoms with Crippen LogP contribution in [0, 0.1) is 11.3 Å². The Morgan fingerprint density at radius 1 is 1.36 bits per heavy atom.